The topological polar surface area (TPSA) is 55.1 Å². The third-order valence-electron chi connectivity index (χ3n) is 4.07. The number of carbonyl (C=O) groups excluding carboxylic acids is 1. The molecule has 0 aliphatic heterocycles. The summed E-state index contributed by atoms with van der Waals surface area (Å²) in [7, 11) is 0. The Morgan fingerprint density at radius 2 is 1.07 bits per heavy atom. The molecule has 0 saturated heterocycles. The van der Waals surface area contributed by atoms with Crippen LogP contribution in [0.4, 0.5) is 0 Å². The van der Waals surface area contributed by atoms with Crippen molar-refractivity contribution in [3.8, 4) is 0 Å². The number of rotatable bonds is 1. The summed E-state index contributed by atoms with van der Waals surface area (Å²) in [5.74, 6) is 9.12. The summed E-state index contributed by atoms with van der Waals surface area (Å²) in [5.41, 5.74) is 1.75. The van der Waals surface area contributed by atoms with Gasteiger partial charge in [-0.05, 0) is 62.2 Å². The van der Waals surface area contributed by atoms with Gasteiger partial charge in [0.2, 0.25) is 6.41 Å². The molecule has 14 heavy (non-hydrogen) atoms. The molecule has 0 aromatic carbocycles. The molecule has 4 bridgehead atoms. The molecule has 4 fully saturated rings. The van der Waals surface area contributed by atoms with Crippen LogP contribution in [0.5, 0.6) is 0 Å². The number of carbonyl (C=O) groups is 1. The van der Waals surface area contributed by atoms with E-state index in [4.69, 9.17) is 4.79 Å². The van der Waals surface area contributed by atoms with Crippen molar-refractivity contribution in [2.24, 2.45) is 29.5 Å². The highest BCUT2D eigenvalue weighted by atomic mass is 16.1. The molecule has 0 radical (unpaired) electrons. The lowest BCUT2D eigenvalue weighted by atomic mass is 9.56. The molecule has 0 aromatic heterocycles. The third-order valence-corrected chi connectivity index (χ3v) is 4.07. The average molecular weight is 196 g/mol. The van der Waals surface area contributed by atoms with Gasteiger partial charge in [-0.3, -0.25) is 10.2 Å². The quantitative estimate of drug-likeness (QED) is 0.288. The summed E-state index contributed by atoms with van der Waals surface area (Å²) in [5, 5.41) is 0. The predicted molar refractivity (Wildman–Crippen MR) is 55.0 cm³/mol. The number of hydrogen-bond acceptors (Lipinski definition) is 2. The molecule has 1 amide bonds. The first kappa shape index (κ1) is 9.97. The van der Waals surface area contributed by atoms with Gasteiger partial charge in [0.05, 0.1) is 0 Å². The van der Waals surface area contributed by atoms with Crippen molar-refractivity contribution in [1.82, 2.24) is 5.43 Å². The number of nitrogens with two attached hydrogens (primary N) is 1. The van der Waals surface area contributed by atoms with E-state index in [1.54, 1.807) is 44.0 Å². The van der Waals surface area contributed by atoms with Crippen LogP contribution in [0.3, 0.4) is 0 Å². The van der Waals surface area contributed by atoms with Crippen LogP contribution < -0.4 is 11.3 Å². The zero-order valence-electron chi connectivity index (χ0n) is 8.61. The fourth-order valence-electron chi connectivity index (χ4n) is 3.98. The van der Waals surface area contributed by atoms with Gasteiger partial charge in [0.1, 0.15) is 0 Å². The first-order valence-corrected chi connectivity index (χ1v) is 5.71. The molecule has 0 aromatic rings. The Morgan fingerprint density at radius 1 is 0.857 bits per heavy atom. The molecule has 4 rings (SSSR count). The van der Waals surface area contributed by atoms with Crippen LogP contribution in [0.25, 0.3) is 0 Å². The predicted octanol–water partition coefficient (Wildman–Crippen LogP) is 1.44. The van der Waals surface area contributed by atoms with Gasteiger partial charge >= 0.3 is 0 Å². The van der Waals surface area contributed by atoms with Gasteiger partial charge in [-0.15, -0.1) is 0 Å². The fraction of sp³-hybridized carbons (Fsp3) is 0.909. The second-order valence-corrected chi connectivity index (χ2v) is 5.16. The number of nitrogens with one attached hydrogen (secondary N) is 1. The summed E-state index contributed by atoms with van der Waals surface area (Å²) in [4.78, 5) is 8.94. The van der Waals surface area contributed by atoms with Crippen LogP contribution in [0.15, 0.2) is 0 Å². The maximum atomic E-state index is 8.94. The van der Waals surface area contributed by atoms with Gasteiger partial charge in [0.25, 0.3) is 0 Å². The van der Waals surface area contributed by atoms with Gasteiger partial charge in [-0.25, -0.2) is 5.84 Å². The molecule has 3 nitrogen and oxygen atoms in total. The average Bonchev–Trinajstić information content (AvgIpc) is 2.16. The zero-order chi connectivity index (χ0) is 9.97. The van der Waals surface area contributed by atoms with E-state index in [1.807, 2.05) is 0 Å². The normalized spacial score (nSPS) is 42.6. The SMILES string of the molecule is C1C2CC3CC1CC(C2)C3.NNC=O. The highest BCUT2D eigenvalue weighted by molar-refractivity contribution is 5.44. The van der Waals surface area contributed by atoms with Crippen molar-refractivity contribution in [3.05, 3.63) is 0 Å². The molecule has 0 unspecified atom stereocenters. The van der Waals surface area contributed by atoms with Gasteiger partial charge in [-0.2, -0.15) is 0 Å². The third kappa shape index (κ3) is 2.08. The molecule has 4 aliphatic carbocycles. The Morgan fingerprint density at radius 3 is 1.21 bits per heavy atom. The second kappa shape index (κ2) is 4.30. The van der Waals surface area contributed by atoms with Crippen molar-refractivity contribution >= 4 is 6.41 Å². The van der Waals surface area contributed by atoms with E-state index < -0.39 is 0 Å². The van der Waals surface area contributed by atoms with Crippen LogP contribution >= 0.6 is 0 Å². The standard InChI is InChI=1S/C10H16.CH4N2O/c1-7-2-9-4-8(1)5-10(3-7)6-9;2-3-1-4/h7-10H,1-6H2;1H,2H2,(H,3,4). The van der Waals surface area contributed by atoms with Crippen LogP contribution in [0.1, 0.15) is 38.5 Å². The molecule has 4 saturated carbocycles. The summed E-state index contributed by atoms with van der Waals surface area (Å²) < 4.78 is 0. The van der Waals surface area contributed by atoms with Crippen LogP contribution in [0, 0.1) is 23.7 Å². The van der Waals surface area contributed by atoms with E-state index in [0.29, 0.717) is 6.41 Å². The van der Waals surface area contributed by atoms with Crippen LogP contribution in [-0.2, 0) is 4.79 Å². The molecule has 0 spiro atoms. The molecule has 3 heteroatoms. The monoisotopic (exact) mass is 196 g/mol. The Balaban J connectivity index is 0.000000165. The molecule has 4 aliphatic rings. The van der Waals surface area contributed by atoms with Crippen molar-refractivity contribution < 1.29 is 4.79 Å². The minimum atomic E-state index is 0.403. The van der Waals surface area contributed by atoms with Crippen molar-refractivity contribution in [2.45, 2.75) is 38.5 Å². The molecule has 3 N–H and O–H groups in total. The van der Waals surface area contributed by atoms with E-state index >= 15 is 0 Å². The minimum Gasteiger partial charge on any atom is -0.297 e. The Bertz CT molecular complexity index is 149. The highest BCUT2D eigenvalue weighted by Gasteiger charge is 2.41. The minimum absolute atomic E-state index is 0.403. The molecule has 0 heterocycles. The maximum absolute atomic E-state index is 8.94. The molecular weight excluding hydrogens is 176 g/mol. The summed E-state index contributed by atoms with van der Waals surface area (Å²) in [6, 6.07) is 0. The van der Waals surface area contributed by atoms with E-state index in [2.05, 4.69) is 5.84 Å². The smallest absolute Gasteiger partial charge is 0.221 e. The Kier molecular flexibility index (Phi) is 3.06. The summed E-state index contributed by atoms with van der Waals surface area (Å²) in [6.07, 6.45) is 10.0. The van der Waals surface area contributed by atoms with E-state index in [1.165, 1.54) is 23.7 Å². The first-order chi connectivity index (χ1) is 6.81. The van der Waals surface area contributed by atoms with E-state index in [0.717, 1.165) is 0 Å². The lowest BCUT2D eigenvalue weighted by Crippen LogP contribution is -2.38. The Labute approximate surface area is 85.4 Å². The maximum Gasteiger partial charge on any atom is 0.221 e. The summed E-state index contributed by atoms with van der Waals surface area (Å²) >= 11 is 0. The second-order valence-electron chi connectivity index (χ2n) is 5.16. The molecule has 80 valence electrons. The molecular formula is C11H20N2O. The lowest BCUT2D eigenvalue weighted by Gasteiger charge is -2.49. The summed E-state index contributed by atoms with van der Waals surface area (Å²) in [6.45, 7) is 0. The number of hydrogen-bond donors (Lipinski definition) is 2. The lowest BCUT2D eigenvalue weighted by molar-refractivity contribution is -0.109. The zero-order valence-corrected chi connectivity index (χ0v) is 8.61. The number of hydrazine groups is 1. The van der Waals surface area contributed by atoms with Crippen molar-refractivity contribution in [3.63, 3.8) is 0 Å². The van der Waals surface area contributed by atoms with Gasteiger partial charge < -0.3 is 0 Å². The van der Waals surface area contributed by atoms with Gasteiger partial charge in [-0.1, -0.05) is 0 Å². The highest BCUT2D eigenvalue weighted by Crippen LogP contribution is 2.53. The molecule has 0 atom stereocenters. The first-order valence-electron chi connectivity index (χ1n) is 5.71. The number of amides is 1. The van der Waals surface area contributed by atoms with Gasteiger partial charge in [0, 0.05) is 0 Å². The van der Waals surface area contributed by atoms with Crippen LogP contribution in [0.2, 0.25) is 0 Å². The van der Waals surface area contributed by atoms with Crippen molar-refractivity contribution in [1.29, 1.82) is 0 Å². The van der Waals surface area contributed by atoms with Gasteiger partial charge in [0.15, 0.2) is 0 Å². The largest absolute Gasteiger partial charge is 0.297 e. The van der Waals surface area contributed by atoms with Crippen LogP contribution in [-0.4, -0.2) is 6.41 Å². The van der Waals surface area contributed by atoms with Crippen molar-refractivity contribution in [2.75, 3.05) is 0 Å². The Hall–Kier alpha value is -0.570. The fourth-order valence-corrected chi connectivity index (χ4v) is 3.98. The van der Waals surface area contributed by atoms with E-state index in [-0.39, 0.29) is 0 Å². The van der Waals surface area contributed by atoms with E-state index in [9.17, 15) is 0 Å².